The van der Waals surface area contributed by atoms with Crippen LogP contribution < -0.4 is 0 Å². The highest BCUT2D eigenvalue weighted by Crippen LogP contribution is 2.49. The number of nitriles is 1. The molecule has 2 aromatic carbocycles. The number of nitrogens with zero attached hydrogens (tertiary/aromatic N) is 2. The minimum absolute atomic E-state index is 0.0754. The fourth-order valence-corrected chi connectivity index (χ4v) is 5.04. The number of aliphatic imine (C=N–C) groups is 1. The van der Waals surface area contributed by atoms with Crippen LogP contribution in [0.2, 0.25) is 0 Å². The topological polar surface area (TPSA) is 36.1 Å². The number of halogens is 1. The first kappa shape index (κ1) is 16.5. The van der Waals surface area contributed by atoms with Gasteiger partial charge in [0.15, 0.2) is 0 Å². The zero-order valence-electron chi connectivity index (χ0n) is 14.2. The van der Waals surface area contributed by atoms with E-state index in [9.17, 15) is 5.26 Å². The third-order valence-electron chi connectivity index (χ3n) is 5.95. The summed E-state index contributed by atoms with van der Waals surface area (Å²) in [5.74, 6) is 0.742. The third-order valence-corrected chi connectivity index (χ3v) is 6.44. The van der Waals surface area contributed by atoms with Gasteiger partial charge in [-0.2, -0.15) is 10.3 Å². The Bertz CT molecular complexity index is 840. The molecule has 2 aliphatic rings. The molecular weight excluding hydrogens is 372 g/mol. The van der Waals surface area contributed by atoms with Crippen LogP contribution in [0.4, 0.5) is 0 Å². The van der Waals surface area contributed by atoms with Crippen molar-refractivity contribution in [1.82, 2.24) is 0 Å². The molecule has 1 spiro atoms. The molecule has 0 bridgehead atoms. The lowest BCUT2D eigenvalue weighted by molar-refractivity contribution is 0.226. The highest BCUT2D eigenvalue weighted by Gasteiger charge is 2.45. The predicted octanol–water partition coefficient (Wildman–Crippen LogP) is 5.69. The molecule has 0 unspecified atom stereocenters. The Morgan fingerprint density at radius 2 is 1.88 bits per heavy atom. The van der Waals surface area contributed by atoms with Crippen LogP contribution in [0.25, 0.3) is 0 Å². The lowest BCUT2D eigenvalue weighted by Gasteiger charge is -2.37. The van der Waals surface area contributed by atoms with Gasteiger partial charge in [0.2, 0.25) is 6.19 Å². The van der Waals surface area contributed by atoms with Gasteiger partial charge in [-0.05, 0) is 67.7 Å². The van der Waals surface area contributed by atoms with Crippen molar-refractivity contribution in [3.63, 3.8) is 0 Å². The van der Waals surface area contributed by atoms with Gasteiger partial charge in [0.05, 0.1) is 5.71 Å². The van der Waals surface area contributed by atoms with E-state index in [-0.39, 0.29) is 5.41 Å². The van der Waals surface area contributed by atoms with E-state index in [1.165, 1.54) is 36.0 Å². The number of rotatable bonds is 2. The molecule has 3 heteroatoms. The number of fused-ring (bicyclic) bond motifs is 1. The molecule has 126 valence electrons. The van der Waals surface area contributed by atoms with Gasteiger partial charge in [-0.25, -0.2) is 0 Å². The van der Waals surface area contributed by atoms with Gasteiger partial charge in [-0.15, -0.1) is 0 Å². The average molecular weight is 393 g/mol. The Labute approximate surface area is 157 Å². The summed E-state index contributed by atoms with van der Waals surface area (Å²) < 4.78 is 1.06. The first-order valence-electron chi connectivity index (χ1n) is 9.00. The van der Waals surface area contributed by atoms with E-state index < -0.39 is 0 Å². The van der Waals surface area contributed by atoms with Crippen molar-refractivity contribution in [2.45, 2.75) is 38.5 Å². The number of hydrogen-bond acceptors (Lipinski definition) is 2. The predicted molar refractivity (Wildman–Crippen MR) is 105 cm³/mol. The molecule has 1 saturated carbocycles. The maximum Gasteiger partial charge on any atom is 0.205 e. The van der Waals surface area contributed by atoms with Crippen molar-refractivity contribution in [3.05, 3.63) is 69.7 Å². The van der Waals surface area contributed by atoms with Gasteiger partial charge in [0.1, 0.15) is 0 Å². The quantitative estimate of drug-likeness (QED) is 0.604. The molecule has 2 nitrogen and oxygen atoms in total. The van der Waals surface area contributed by atoms with Crippen molar-refractivity contribution >= 4 is 21.6 Å². The van der Waals surface area contributed by atoms with Crippen LogP contribution in [-0.2, 0) is 12.8 Å². The van der Waals surface area contributed by atoms with Crippen molar-refractivity contribution in [3.8, 4) is 6.19 Å². The van der Waals surface area contributed by atoms with Crippen LogP contribution in [0, 0.1) is 22.8 Å². The van der Waals surface area contributed by atoms with Crippen molar-refractivity contribution < 1.29 is 0 Å². The molecule has 1 fully saturated rings. The van der Waals surface area contributed by atoms with Crippen LogP contribution in [0.5, 0.6) is 0 Å². The zero-order chi connectivity index (χ0) is 17.3. The van der Waals surface area contributed by atoms with Gasteiger partial charge in [-0.1, -0.05) is 52.3 Å². The summed E-state index contributed by atoms with van der Waals surface area (Å²) in [7, 11) is 0. The molecule has 0 radical (unpaired) electrons. The standard InChI is InChI=1S/C22H21BrN2/c23-19-7-6-18-14-22(21(25-15-24)20(18)13-19)10-8-17(9-11-22)12-16-4-2-1-3-5-16/h1-7,13,17H,8-12,14H2. The third kappa shape index (κ3) is 3.16. The average Bonchev–Trinajstić information content (AvgIpc) is 2.92. The fraction of sp³-hybridized carbons (Fsp3) is 0.364. The number of benzene rings is 2. The molecule has 0 amide bonds. The van der Waals surface area contributed by atoms with Crippen molar-refractivity contribution in [2.24, 2.45) is 16.3 Å². The SMILES string of the molecule is N#CN=C1c2cc(Br)ccc2CC12CCC(Cc1ccccc1)CC2. The highest BCUT2D eigenvalue weighted by atomic mass is 79.9. The Balaban J connectivity index is 1.54. The summed E-state index contributed by atoms with van der Waals surface area (Å²) in [6, 6.07) is 17.2. The van der Waals surface area contributed by atoms with Crippen molar-refractivity contribution in [1.29, 1.82) is 5.26 Å². The Morgan fingerprint density at radius 1 is 1.12 bits per heavy atom. The molecular formula is C22H21BrN2. The summed E-state index contributed by atoms with van der Waals surface area (Å²) in [5.41, 5.74) is 5.07. The monoisotopic (exact) mass is 392 g/mol. The summed E-state index contributed by atoms with van der Waals surface area (Å²) in [4.78, 5) is 4.29. The van der Waals surface area contributed by atoms with E-state index in [0.717, 1.165) is 35.4 Å². The minimum Gasteiger partial charge on any atom is -0.177 e. The van der Waals surface area contributed by atoms with Crippen LogP contribution in [0.15, 0.2) is 58.0 Å². The molecule has 25 heavy (non-hydrogen) atoms. The fourth-order valence-electron chi connectivity index (χ4n) is 4.68. The zero-order valence-corrected chi connectivity index (χ0v) is 15.8. The van der Waals surface area contributed by atoms with E-state index in [0.29, 0.717) is 0 Å². The molecule has 2 aliphatic carbocycles. The lowest BCUT2D eigenvalue weighted by atomic mass is 9.67. The lowest BCUT2D eigenvalue weighted by Crippen LogP contribution is -2.34. The molecule has 0 aromatic heterocycles. The Morgan fingerprint density at radius 3 is 2.60 bits per heavy atom. The Kier molecular flexibility index (Phi) is 4.48. The van der Waals surface area contributed by atoms with Crippen LogP contribution in [0.3, 0.4) is 0 Å². The normalized spacial score (nSPS) is 26.6. The van der Waals surface area contributed by atoms with Crippen LogP contribution in [0.1, 0.15) is 42.4 Å². The first-order chi connectivity index (χ1) is 12.2. The van der Waals surface area contributed by atoms with E-state index in [1.54, 1.807) is 0 Å². The molecule has 0 saturated heterocycles. The summed E-state index contributed by atoms with van der Waals surface area (Å²) in [5, 5.41) is 9.23. The molecule has 4 rings (SSSR count). The molecule has 0 heterocycles. The van der Waals surface area contributed by atoms with Gasteiger partial charge in [0, 0.05) is 15.5 Å². The van der Waals surface area contributed by atoms with Gasteiger partial charge in [-0.3, -0.25) is 0 Å². The van der Waals surface area contributed by atoms with Gasteiger partial charge in [0.25, 0.3) is 0 Å². The minimum atomic E-state index is 0.0754. The van der Waals surface area contributed by atoms with E-state index in [2.05, 4.69) is 75.6 Å². The molecule has 2 aromatic rings. The smallest absolute Gasteiger partial charge is 0.177 e. The van der Waals surface area contributed by atoms with Crippen molar-refractivity contribution in [2.75, 3.05) is 0 Å². The first-order valence-corrected chi connectivity index (χ1v) is 9.79. The van der Waals surface area contributed by atoms with Gasteiger partial charge >= 0.3 is 0 Å². The molecule has 0 aliphatic heterocycles. The maximum atomic E-state index is 9.23. The van der Waals surface area contributed by atoms with Gasteiger partial charge < -0.3 is 0 Å². The maximum absolute atomic E-state index is 9.23. The largest absolute Gasteiger partial charge is 0.205 e. The van der Waals surface area contributed by atoms with E-state index in [4.69, 9.17) is 0 Å². The highest BCUT2D eigenvalue weighted by molar-refractivity contribution is 9.10. The van der Waals surface area contributed by atoms with E-state index >= 15 is 0 Å². The van der Waals surface area contributed by atoms with Crippen LogP contribution >= 0.6 is 15.9 Å². The molecule has 0 atom stereocenters. The summed E-state index contributed by atoms with van der Waals surface area (Å²) >= 11 is 3.56. The number of hydrogen-bond donors (Lipinski definition) is 0. The Hall–Kier alpha value is -1.92. The second kappa shape index (κ2) is 6.77. The van der Waals surface area contributed by atoms with E-state index in [1.807, 2.05) is 0 Å². The molecule has 0 N–H and O–H groups in total. The second-order valence-corrected chi connectivity index (χ2v) is 8.37. The summed E-state index contributed by atoms with van der Waals surface area (Å²) in [6.45, 7) is 0. The summed E-state index contributed by atoms with van der Waals surface area (Å²) in [6.07, 6.45) is 8.97. The van der Waals surface area contributed by atoms with Crippen LogP contribution in [-0.4, -0.2) is 5.71 Å². The second-order valence-electron chi connectivity index (χ2n) is 7.45.